The molecule has 1 unspecified atom stereocenters. The van der Waals surface area contributed by atoms with Crippen molar-refractivity contribution in [1.82, 2.24) is 19.7 Å². The summed E-state index contributed by atoms with van der Waals surface area (Å²) >= 11 is 3.41. The monoisotopic (exact) mass is 306 g/mol. The Morgan fingerprint density at radius 3 is 3.00 bits per heavy atom. The summed E-state index contributed by atoms with van der Waals surface area (Å²) in [5.74, 6) is 1.98. The number of fused-ring (bicyclic) bond motifs is 1. The molecule has 18 heavy (non-hydrogen) atoms. The Labute approximate surface area is 115 Å². The van der Waals surface area contributed by atoms with Gasteiger partial charge in [-0.15, -0.1) is 10.2 Å². The summed E-state index contributed by atoms with van der Waals surface area (Å²) in [6.07, 6.45) is 4.67. The van der Waals surface area contributed by atoms with E-state index in [4.69, 9.17) is 0 Å². The molecule has 1 atom stereocenters. The van der Waals surface area contributed by atoms with Crippen molar-refractivity contribution in [2.45, 2.75) is 38.6 Å². The SMILES string of the molecule is CC1CCCCc2nnc(-c3cccc(Br)n3)n21. The molecule has 2 aromatic rings. The van der Waals surface area contributed by atoms with Crippen molar-refractivity contribution < 1.29 is 0 Å². The van der Waals surface area contributed by atoms with Crippen LogP contribution in [-0.4, -0.2) is 19.7 Å². The van der Waals surface area contributed by atoms with Crippen molar-refractivity contribution in [3.63, 3.8) is 0 Å². The Morgan fingerprint density at radius 2 is 2.17 bits per heavy atom. The first-order valence-corrected chi connectivity index (χ1v) is 7.11. The van der Waals surface area contributed by atoms with Gasteiger partial charge >= 0.3 is 0 Å². The Kier molecular flexibility index (Phi) is 3.16. The standard InChI is InChI=1S/C13H15BrN4/c1-9-5-2-3-8-12-16-17-13(18(9)12)10-6-4-7-11(14)15-10/h4,6-7,9H,2-3,5,8H2,1H3. The van der Waals surface area contributed by atoms with Crippen LogP contribution in [0.2, 0.25) is 0 Å². The first-order valence-electron chi connectivity index (χ1n) is 6.32. The number of hydrogen-bond donors (Lipinski definition) is 0. The average Bonchev–Trinajstić information content (AvgIpc) is 2.70. The summed E-state index contributed by atoms with van der Waals surface area (Å²) in [5, 5.41) is 8.66. The fourth-order valence-corrected chi connectivity index (χ4v) is 2.86. The highest BCUT2D eigenvalue weighted by atomic mass is 79.9. The Morgan fingerprint density at radius 1 is 1.28 bits per heavy atom. The van der Waals surface area contributed by atoms with Gasteiger partial charge in [0.25, 0.3) is 0 Å². The van der Waals surface area contributed by atoms with E-state index in [1.807, 2.05) is 18.2 Å². The molecule has 3 heterocycles. The lowest BCUT2D eigenvalue weighted by atomic mass is 10.1. The smallest absolute Gasteiger partial charge is 0.182 e. The number of rotatable bonds is 1. The van der Waals surface area contributed by atoms with Crippen LogP contribution in [0, 0.1) is 0 Å². The minimum Gasteiger partial charge on any atom is -0.307 e. The number of aryl methyl sites for hydroxylation is 1. The van der Waals surface area contributed by atoms with Gasteiger partial charge in [-0.25, -0.2) is 4.98 Å². The molecule has 1 aliphatic rings. The summed E-state index contributed by atoms with van der Waals surface area (Å²) in [6, 6.07) is 6.34. The summed E-state index contributed by atoms with van der Waals surface area (Å²) in [4.78, 5) is 4.48. The lowest BCUT2D eigenvalue weighted by Crippen LogP contribution is -2.08. The molecule has 0 aliphatic carbocycles. The van der Waals surface area contributed by atoms with Gasteiger partial charge in [0, 0.05) is 12.5 Å². The second-order valence-electron chi connectivity index (χ2n) is 4.75. The molecule has 0 saturated heterocycles. The van der Waals surface area contributed by atoms with Gasteiger partial charge in [0.1, 0.15) is 16.1 Å². The van der Waals surface area contributed by atoms with Crippen LogP contribution in [0.4, 0.5) is 0 Å². The molecule has 0 saturated carbocycles. The molecule has 3 rings (SSSR count). The zero-order valence-electron chi connectivity index (χ0n) is 10.3. The lowest BCUT2D eigenvalue weighted by Gasteiger charge is -2.14. The molecule has 0 aromatic carbocycles. The van der Waals surface area contributed by atoms with Gasteiger partial charge in [0.05, 0.1) is 0 Å². The zero-order valence-corrected chi connectivity index (χ0v) is 11.9. The largest absolute Gasteiger partial charge is 0.307 e. The van der Waals surface area contributed by atoms with Crippen LogP contribution < -0.4 is 0 Å². The number of aromatic nitrogens is 4. The highest BCUT2D eigenvalue weighted by molar-refractivity contribution is 9.10. The third kappa shape index (κ3) is 2.07. The molecule has 1 aliphatic heterocycles. The molecule has 0 N–H and O–H groups in total. The Balaban J connectivity index is 2.11. The van der Waals surface area contributed by atoms with E-state index >= 15 is 0 Å². The molecule has 0 amide bonds. The van der Waals surface area contributed by atoms with Crippen molar-refractivity contribution in [3.05, 3.63) is 28.6 Å². The maximum absolute atomic E-state index is 4.48. The lowest BCUT2D eigenvalue weighted by molar-refractivity contribution is 0.506. The minimum atomic E-state index is 0.452. The third-order valence-electron chi connectivity index (χ3n) is 3.42. The van der Waals surface area contributed by atoms with E-state index in [9.17, 15) is 0 Å². The molecule has 4 nitrogen and oxygen atoms in total. The first kappa shape index (κ1) is 11.8. The summed E-state index contributed by atoms with van der Waals surface area (Å²) in [5.41, 5.74) is 0.886. The van der Waals surface area contributed by atoms with Gasteiger partial charge in [-0.05, 0) is 47.8 Å². The second-order valence-corrected chi connectivity index (χ2v) is 5.56. The van der Waals surface area contributed by atoms with Gasteiger partial charge in [0.15, 0.2) is 5.82 Å². The van der Waals surface area contributed by atoms with E-state index in [0.29, 0.717) is 6.04 Å². The average molecular weight is 307 g/mol. The number of hydrogen-bond acceptors (Lipinski definition) is 3. The van der Waals surface area contributed by atoms with Gasteiger partial charge in [0.2, 0.25) is 0 Å². The van der Waals surface area contributed by atoms with Crippen LogP contribution in [0.5, 0.6) is 0 Å². The molecular formula is C13H15BrN4. The maximum Gasteiger partial charge on any atom is 0.182 e. The zero-order chi connectivity index (χ0) is 12.5. The third-order valence-corrected chi connectivity index (χ3v) is 3.87. The number of nitrogens with zero attached hydrogens (tertiary/aromatic N) is 4. The highest BCUT2D eigenvalue weighted by Crippen LogP contribution is 2.28. The van der Waals surface area contributed by atoms with Crippen LogP contribution in [0.1, 0.15) is 38.1 Å². The van der Waals surface area contributed by atoms with Gasteiger partial charge in [-0.3, -0.25) is 0 Å². The van der Waals surface area contributed by atoms with E-state index in [2.05, 4.69) is 42.6 Å². The Bertz CT molecular complexity index is 564. The maximum atomic E-state index is 4.48. The number of halogens is 1. The normalized spacial score (nSPS) is 19.3. The topological polar surface area (TPSA) is 43.6 Å². The van der Waals surface area contributed by atoms with E-state index in [1.165, 1.54) is 19.3 Å². The second kappa shape index (κ2) is 4.80. The number of pyridine rings is 1. The van der Waals surface area contributed by atoms with E-state index in [-0.39, 0.29) is 0 Å². The van der Waals surface area contributed by atoms with E-state index in [0.717, 1.165) is 28.4 Å². The minimum absolute atomic E-state index is 0.452. The van der Waals surface area contributed by atoms with Gasteiger partial charge in [-0.1, -0.05) is 12.5 Å². The van der Waals surface area contributed by atoms with Crippen LogP contribution >= 0.6 is 15.9 Å². The van der Waals surface area contributed by atoms with Gasteiger partial charge < -0.3 is 4.57 Å². The molecule has 0 fully saturated rings. The van der Waals surface area contributed by atoms with Crippen molar-refractivity contribution >= 4 is 15.9 Å². The molecule has 0 radical (unpaired) electrons. The van der Waals surface area contributed by atoms with Crippen LogP contribution in [0.15, 0.2) is 22.8 Å². The predicted molar refractivity (Wildman–Crippen MR) is 73.2 cm³/mol. The predicted octanol–water partition coefficient (Wildman–Crippen LogP) is 3.39. The van der Waals surface area contributed by atoms with Crippen molar-refractivity contribution in [1.29, 1.82) is 0 Å². The summed E-state index contributed by atoms with van der Waals surface area (Å²) in [6.45, 7) is 2.24. The van der Waals surface area contributed by atoms with E-state index < -0.39 is 0 Å². The molecule has 5 heteroatoms. The summed E-state index contributed by atoms with van der Waals surface area (Å²) in [7, 11) is 0. The molecule has 0 bridgehead atoms. The fourth-order valence-electron chi connectivity index (χ4n) is 2.52. The molecule has 94 valence electrons. The van der Waals surface area contributed by atoms with Crippen molar-refractivity contribution in [2.75, 3.05) is 0 Å². The van der Waals surface area contributed by atoms with Crippen LogP contribution in [0.25, 0.3) is 11.5 Å². The molecule has 2 aromatic heterocycles. The first-order chi connectivity index (χ1) is 8.75. The van der Waals surface area contributed by atoms with E-state index in [1.54, 1.807) is 0 Å². The fraction of sp³-hybridized carbons (Fsp3) is 0.462. The van der Waals surface area contributed by atoms with Crippen LogP contribution in [-0.2, 0) is 6.42 Å². The van der Waals surface area contributed by atoms with Crippen molar-refractivity contribution in [3.8, 4) is 11.5 Å². The molecular weight excluding hydrogens is 292 g/mol. The van der Waals surface area contributed by atoms with Crippen LogP contribution in [0.3, 0.4) is 0 Å². The Hall–Kier alpha value is -1.23. The van der Waals surface area contributed by atoms with Gasteiger partial charge in [-0.2, -0.15) is 0 Å². The van der Waals surface area contributed by atoms with Crippen molar-refractivity contribution in [2.24, 2.45) is 0 Å². The highest BCUT2D eigenvalue weighted by Gasteiger charge is 2.21. The quantitative estimate of drug-likeness (QED) is 0.759. The molecule has 0 spiro atoms. The summed E-state index contributed by atoms with van der Waals surface area (Å²) < 4.78 is 3.08.